The zero-order chi connectivity index (χ0) is 13.9. The number of carbonyl (C=O) groups is 2. The predicted octanol–water partition coefficient (Wildman–Crippen LogP) is 0.646. The van der Waals surface area contributed by atoms with E-state index in [9.17, 15) is 9.59 Å². The molecule has 0 bridgehead atoms. The zero-order valence-corrected chi connectivity index (χ0v) is 11.3. The van der Waals surface area contributed by atoms with Crippen LogP contribution in [0.1, 0.15) is 12.0 Å². The number of amides is 2. The topological polar surface area (TPSA) is 49.9 Å². The number of hydrogen-bond donors (Lipinski definition) is 0. The fourth-order valence-electron chi connectivity index (χ4n) is 2.77. The van der Waals surface area contributed by atoms with Crippen LogP contribution in [0.4, 0.5) is 0 Å². The average molecular weight is 274 g/mol. The van der Waals surface area contributed by atoms with Crippen LogP contribution in [0.5, 0.6) is 0 Å². The number of carbonyl (C=O) groups excluding carboxylic acids is 2. The Bertz CT molecular complexity index is 497. The molecule has 0 N–H and O–H groups in total. The third kappa shape index (κ3) is 2.59. The second kappa shape index (κ2) is 5.73. The standard InChI is InChI=1S/C15H18N2O3/c18-14-10-13(16-6-8-20-9-7-16)15(19)17(14)11-12-4-2-1-3-5-12/h1-5,13H,6-11H2/t13-/m0/s1. The van der Waals surface area contributed by atoms with Crippen molar-refractivity contribution in [3.63, 3.8) is 0 Å². The van der Waals surface area contributed by atoms with Gasteiger partial charge in [0.2, 0.25) is 11.8 Å². The molecule has 0 unspecified atom stereocenters. The molecule has 2 aliphatic rings. The summed E-state index contributed by atoms with van der Waals surface area (Å²) in [6, 6.07) is 9.33. The van der Waals surface area contributed by atoms with Crippen molar-refractivity contribution in [2.75, 3.05) is 26.3 Å². The zero-order valence-electron chi connectivity index (χ0n) is 11.3. The molecule has 106 valence electrons. The number of likely N-dealkylation sites (tertiary alicyclic amines) is 1. The third-order valence-corrected chi connectivity index (χ3v) is 3.89. The largest absolute Gasteiger partial charge is 0.379 e. The molecule has 0 radical (unpaired) electrons. The Kier molecular flexibility index (Phi) is 3.80. The molecule has 2 aliphatic heterocycles. The molecular formula is C15H18N2O3. The summed E-state index contributed by atoms with van der Waals surface area (Å²) >= 11 is 0. The molecule has 1 aromatic carbocycles. The van der Waals surface area contributed by atoms with Gasteiger partial charge in [-0.3, -0.25) is 19.4 Å². The number of hydrogen-bond acceptors (Lipinski definition) is 4. The molecular weight excluding hydrogens is 256 g/mol. The molecule has 1 aromatic rings. The van der Waals surface area contributed by atoms with Crippen LogP contribution in [0.25, 0.3) is 0 Å². The Balaban J connectivity index is 1.70. The van der Waals surface area contributed by atoms with Crippen LogP contribution >= 0.6 is 0 Å². The van der Waals surface area contributed by atoms with Gasteiger partial charge in [0.05, 0.1) is 32.2 Å². The normalized spacial score (nSPS) is 24.4. The molecule has 2 fully saturated rings. The predicted molar refractivity (Wildman–Crippen MR) is 72.8 cm³/mol. The maximum Gasteiger partial charge on any atom is 0.247 e. The van der Waals surface area contributed by atoms with Crippen LogP contribution in [-0.4, -0.2) is 54.0 Å². The van der Waals surface area contributed by atoms with Gasteiger partial charge >= 0.3 is 0 Å². The average Bonchev–Trinajstić information content (AvgIpc) is 2.77. The lowest BCUT2D eigenvalue weighted by Gasteiger charge is -2.30. The van der Waals surface area contributed by atoms with Crippen molar-refractivity contribution in [3.05, 3.63) is 35.9 Å². The van der Waals surface area contributed by atoms with Gasteiger partial charge in [-0.15, -0.1) is 0 Å². The summed E-state index contributed by atoms with van der Waals surface area (Å²) in [5, 5.41) is 0. The lowest BCUT2D eigenvalue weighted by molar-refractivity contribution is -0.140. The summed E-state index contributed by atoms with van der Waals surface area (Å²) in [5.41, 5.74) is 0.983. The highest BCUT2D eigenvalue weighted by Gasteiger charge is 2.41. The summed E-state index contributed by atoms with van der Waals surface area (Å²) in [4.78, 5) is 28.0. The Morgan fingerprint density at radius 2 is 1.80 bits per heavy atom. The van der Waals surface area contributed by atoms with Gasteiger partial charge in [-0.05, 0) is 5.56 Å². The molecule has 2 saturated heterocycles. The van der Waals surface area contributed by atoms with Crippen LogP contribution in [0.15, 0.2) is 30.3 Å². The highest BCUT2D eigenvalue weighted by atomic mass is 16.5. The lowest BCUT2D eigenvalue weighted by Crippen LogP contribution is -2.47. The van der Waals surface area contributed by atoms with Gasteiger partial charge in [-0.25, -0.2) is 0 Å². The molecule has 2 heterocycles. The van der Waals surface area contributed by atoms with Crippen LogP contribution in [0, 0.1) is 0 Å². The van der Waals surface area contributed by atoms with Crippen molar-refractivity contribution in [1.29, 1.82) is 0 Å². The fraction of sp³-hybridized carbons (Fsp3) is 0.467. The Labute approximate surface area is 118 Å². The van der Waals surface area contributed by atoms with Crippen LogP contribution in [0.2, 0.25) is 0 Å². The molecule has 5 heteroatoms. The molecule has 2 amide bonds. The van der Waals surface area contributed by atoms with E-state index >= 15 is 0 Å². The van der Waals surface area contributed by atoms with Crippen molar-refractivity contribution in [3.8, 4) is 0 Å². The fourth-order valence-corrected chi connectivity index (χ4v) is 2.77. The smallest absolute Gasteiger partial charge is 0.247 e. The number of morpholine rings is 1. The first-order chi connectivity index (χ1) is 9.75. The van der Waals surface area contributed by atoms with Crippen molar-refractivity contribution < 1.29 is 14.3 Å². The van der Waals surface area contributed by atoms with E-state index in [0.29, 0.717) is 26.2 Å². The molecule has 0 saturated carbocycles. The van der Waals surface area contributed by atoms with E-state index < -0.39 is 0 Å². The number of rotatable bonds is 3. The monoisotopic (exact) mass is 274 g/mol. The number of nitrogens with zero attached hydrogens (tertiary/aromatic N) is 2. The minimum Gasteiger partial charge on any atom is -0.379 e. The van der Waals surface area contributed by atoms with Crippen molar-refractivity contribution >= 4 is 11.8 Å². The van der Waals surface area contributed by atoms with E-state index in [-0.39, 0.29) is 17.9 Å². The van der Waals surface area contributed by atoms with Gasteiger partial charge in [0.25, 0.3) is 0 Å². The van der Waals surface area contributed by atoms with Crippen LogP contribution in [-0.2, 0) is 20.9 Å². The number of benzene rings is 1. The molecule has 0 aromatic heterocycles. The second-order valence-electron chi connectivity index (χ2n) is 5.17. The van der Waals surface area contributed by atoms with Gasteiger partial charge in [0.1, 0.15) is 0 Å². The summed E-state index contributed by atoms with van der Waals surface area (Å²) < 4.78 is 5.29. The molecule has 3 rings (SSSR count). The van der Waals surface area contributed by atoms with Crippen molar-refractivity contribution in [2.24, 2.45) is 0 Å². The maximum absolute atomic E-state index is 12.4. The van der Waals surface area contributed by atoms with Gasteiger partial charge in [0.15, 0.2) is 0 Å². The van der Waals surface area contributed by atoms with Crippen LogP contribution in [0.3, 0.4) is 0 Å². The van der Waals surface area contributed by atoms with Gasteiger partial charge in [0, 0.05) is 13.1 Å². The summed E-state index contributed by atoms with van der Waals surface area (Å²) in [5.74, 6) is -0.143. The minimum absolute atomic E-state index is 0.0687. The van der Waals surface area contributed by atoms with Crippen LogP contribution < -0.4 is 0 Å². The SMILES string of the molecule is O=C1C[C@H](N2CCOCC2)C(=O)N1Cc1ccccc1. The maximum atomic E-state index is 12.4. The molecule has 0 aliphatic carbocycles. The quantitative estimate of drug-likeness (QED) is 0.759. The molecule has 0 spiro atoms. The summed E-state index contributed by atoms with van der Waals surface area (Å²) in [6.45, 7) is 3.10. The second-order valence-corrected chi connectivity index (χ2v) is 5.17. The molecule has 20 heavy (non-hydrogen) atoms. The van der Waals surface area contributed by atoms with Crippen molar-refractivity contribution in [2.45, 2.75) is 19.0 Å². The number of ether oxygens (including phenoxy) is 1. The molecule has 5 nitrogen and oxygen atoms in total. The van der Waals surface area contributed by atoms with Crippen molar-refractivity contribution in [1.82, 2.24) is 9.80 Å². The minimum atomic E-state index is -0.296. The third-order valence-electron chi connectivity index (χ3n) is 3.89. The molecule has 1 atom stereocenters. The van der Waals surface area contributed by atoms with E-state index in [2.05, 4.69) is 4.90 Å². The lowest BCUT2D eigenvalue weighted by atomic mass is 10.2. The van der Waals surface area contributed by atoms with E-state index in [0.717, 1.165) is 18.7 Å². The Morgan fingerprint density at radius 1 is 1.10 bits per heavy atom. The first-order valence-electron chi connectivity index (χ1n) is 6.95. The van der Waals surface area contributed by atoms with E-state index in [1.807, 2.05) is 30.3 Å². The van der Waals surface area contributed by atoms with E-state index in [4.69, 9.17) is 4.74 Å². The van der Waals surface area contributed by atoms with Gasteiger partial charge in [-0.1, -0.05) is 30.3 Å². The van der Waals surface area contributed by atoms with Gasteiger partial charge < -0.3 is 4.74 Å². The summed E-state index contributed by atoms with van der Waals surface area (Å²) in [6.07, 6.45) is 0.297. The Hall–Kier alpha value is -1.72. The number of imide groups is 1. The van der Waals surface area contributed by atoms with Gasteiger partial charge in [-0.2, -0.15) is 0 Å². The summed E-state index contributed by atoms with van der Waals surface area (Å²) in [7, 11) is 0. The first kappa shape index (κ1) is 13.3. The Morgan fingerprint density at radius 3 is 2.50 bits per heavy atom. The first-order valence-corrected chi connectivity index (χ1v) is 6.95. The van der Waals surface area contributed by atoms with E-state index in [1.165, 1.54) is 4.90 Å². The van der Waals surface area contributed by atoms with E-state index in [1.54, 1.807) is 0 Å². The highest BCUT2D eigenvalue weighted by Crippen LogP contribution is 2.21. The highest BCUT2D eigenvalue weighted by molar-refractivity contribution is 6.05.